The lowest BCUT2D eigenvalue weighted by atomic mass is 10.3. The van der Waals surface area contributed by atoms with Crippen molar-refractivity contribution in [2.75, 3.05) is 0 Å². The maximum Gasteiger partial charge on any atom is 0.309 e. The quantitative estimate of drug-likeness (QED) is 0.707. The maximum atomic E-state index is 12.3. The molecule has 0 saturated carbocycles. The van der Waals surface area contributed by atoms with E-state index in [1.807, 2.05) is 0 Å². The van der Waals surface area contributed by atoms with E-state index in [4.69, 9.17) is 4.42 Å². The first kappa shape index (κ1) is 16.8. The highest BCUT2D eigenvalue weighted by Gasteiger charge is 2.21. The summed E-state index contributed by atoms with van der Waals surface area (Å²) in [7, 11) is -3.62. The largest absolute Gasteiger partial charge is 0.416 e. The molecule has 0 bridgehead atoms. The summed E-state index contributed by atoms with van der Waals surface area (Å²) in [6.07, 6.45) is 1.61. The standard InChI is InChI=1S/C16H14N4O4S/c21-15(18-10-12-6-4-5-9-17-12)16-20-19-14(24-16)11-25(22,23)13-7-2-1-3-8-13/h1-9H,10-11H2,(H,18,21). The third-order valence-corrected chi connectivity index (χ3v) is 4.85. The average molecular weight is 358 g/mol. The van der Waals surface area contributed by atoms with Gasteiger partial charge in [0.15, 0.2) is 9.84 Å². The highest BCUT2D eigenvalue weighted by atomic mass is 32.2. The molecule has 0 aliphatic carbocycles. The molecule has 2 heterocycles. The van der Waals surface area contributed by atoms with Crippen molar-refractivity contribution in [3.63, 3.8) is 0 Å². The van der Waals surface area contributed by atoms with E-state index in [0.717, 1.165) is 0 Å². The Balaban J connectivity index is 1.65. The average Bonchev–Trinajstić information content (AvgIpc) is 3.09. The van der Waals surface area contributed by atoms with Crippen LogP contribution in [0.5, 0.6) is 0 Å². The number of sulfone groups is 1. The van der Waals surface area contributed by atoms with Gasteiger partial charge in [-0.1, -0.05) is 24.3 Å². The van der Waals surface area contributed by atoms with E-state index in [2.05, 4.69) is 20.5 Å². The van der Waals surface area contributed by atoms with Crippen molar-refractivity contribution in [3.05, 3.63) is 72.2 Å². The minimum atomic E-state index is -3.62. The number of aromatic nitrogens is 3. The first-order chi connectivity index (χ1) is 12.0. The Kier molecular flexibility index (Phi) is 4.85. The Bertz CT molecular complexity index is 956. The van der Waals surface area contributed by atoms with Crippen LogP contribution in [0.3, 0.4) is 0 Å². The van der Waals surface area contributed by atoms with Gasteiger partial charge in [0.05, 0.1) is 17.1 Å². The van der Waals surface area contributed by atoms with Gasteiger partial charge in [-0.3, -0.25) is 9.78 Å². The fourth-order valence-corrected chi connectivity index (χ4v) is 3.21. The van der Waals surface area contributed by atoms with Gasteiger partial charge in [0.25, 0.3) is 0 Å². The Labute approximate surface area is 143 Å². The molecular weight excluding hydrogens is 344 g/mol. The third-order valence-electron chi connectivity index (χ3n) is 3.23. The van der Waals surface area contributed by atoms with Crippen LogP contribution in [0.25, 0.3) is 0 Å². The number of nitrogens with one attached hydrogen (secondary N) is 1. The van der Waals surface area contributed by atoms with Crippen molar-refractivity contribution in [1.82, 2.24) is 20.5 Å². The molecule has 128 valence electrons. The van der Waals surface area contributed by atoms with Crippen molar-refractivity contribution in [2.45, 2.75) is 17.2 Å². The SMILES string of the molecule is O=C(NCc1ccccn1)c1nnc(CS(=O)(=O)c2ccccc2)o1. The predicted molar refractivity (Wildman–Crippen MR) is 87.0 cm³/mol. The van der Waals surface area contributed by atoms with Gasteiger partial charge in [-0.05, 0) is 24.3 Å². The van der Waals surface area contributed by atoms with E-state index in [-0.39, 0.29) is 23.2 Å². The van der Waals surface area contributed by atoms with Crippen LogP contribution in [0.1, 0.15) is 22.3 Å². The maximum absolute atomic E-state index is 12.3. The van der Waals surface area contributed by atoms with Crippen LogP contribution in [0.2, 0.25) is 0 Å². The highest BCUT2D eigenvalue weighted by Crippen LogP contribution is 2.15. The molecule has 1 aromatic carbocycles. The van der Waals surface area contributed by atoms with Gasteiger partial charge >= 0.3 is 11.8 Å². The van der Waals surface area contributed by atoms with Crippen LogP contribution in [0, 0.1) is 0 Å². The number of hydrogen-bond acceptors (Lipinski definition) is 7. The molecule has 0 saturated heterocycles. The van der Waals surface area contributed by atoms with Crippen molar-refractivity contribution in [3.8, 4) is 0 Å². The smallest absolute Gasteiger partial charge is 0.309 e. The van der Waals surface area contributed by atoms with Crippen molar-refractivity contribution in [2.24, 2.45) is 0 Å². The molecule has 1 N–H and O–H groups in total. The Morgan fingerprint density at radius 2 is 1.80 bits per heavy atom. The molecule has 0 atom stereocenters. The second kappa shape index (κ2) is 7.22. The summed E-state index contributed by atoms with van der Waals surface area (Å²) in [5.41, 5.74) is 0.669. The van der Waals surface area contributed by atoms with E-state index in [9.17, 15) is 13.2 Å². The topological polar surface area (TPSA) is 115 Å². The van der Waals surface area contributed by atoms with Crippen LogP contribution in [0.15, 0.2) is 64.0 Å². The predicted octanol–water partition coefficient (Wildman–Crippen LogP) is 1.37. The van der Waals surface area contributed by atoms with Crippen LogP contribution in [-0.2, 0) is 22.1 Å². The third kappa shape index (κ3) is 4.27. The molecule has 3 aromatic rings. The van der Waals surface area contributed by atoms with Crippen LogP contribution in [-0.4, -0.2) is 29.5 Å². The Morgan fingerprint density at radius 3 is 2.52 bits per heavy atom. The zero-order valence-corrected chi connectivity index (χ0v) is 13.8. The second-order valence-corrected chi connectivity index (χ2v) is 7.07. The Hall–Kier alpha value is -3.07. The molecular formula is C16H14N4O4S. The molecule has 1 amide bonds. The number of nitrogens with zero attached hydrogens (tertiary/aromatic N) is 3. The van der Waals surface area contributed by atoms with Crippen molar-refractivity contribution in [1.29, 1.82) is 0 Å². The van der Waals surface area contributed by atoms with E-state index in [1.54, 1.807) is 42.6 Å². The lowest BCUT2D eigenvalue weighted by Crippen LogP contribution is -2.23. The van der Waals surface area contributed by atoms with E-state index in [1.165, 1.54) is 12.1 Å². The summed E-state index contributed by atoms with van der Waals surface area (Å²) in [5.74, 6) is -1.51. The lowest BCUT2D eigenvalue weighted by Gasteiger charge is -2.01. The van der Waals surface area contributed by atoms with Crippen LogP contribution in [0.4, 0.5) is 0 Å². The summed E-state index contributed by atoms with van der Waals surface area (Å²) >= 11 is 0. The highest BCUT2D eigenvalue weighted by molar-refractivity contribution is 7.90. The van der Waals surface area contributed by atoms with E-state index < -0.39 is 21.5 Å². The van der Waals surface area contributed by atoms with Gasteiger partial charge in [-0.2, -0.15) is 0 Å². The molecule has 25 heavy (non-hydrogen) atoms. The molecule has 0 radical (unpaired) electrons. The fourth-order valence-electron chi connectivity index (χ4n) is 2.03. The Morgan fingerprint density at radius 1 is 1.04 bits per heavy atom. The van der Waals surface area contributed by atoms with Crippen molar-refractivity contribution >= 4 is 15.7 Å². The number of amides is 1. The number of hydrogen-bond donors (Lipinski definition) is 1. The van der Waals surface area contributed by atoms with Crippen molar-refractivity contribution < 1.29 is 17.6 Å². The summed E-state index contributed by atoms with van der Waals surface area (Å²) in [6, 6.07) is 13.2. The first-order valence-electron chi connectivity index (χ1n) is 7.33. The van der Waals surface area contributed by atoms with Gasteiger partial charge in [-0.25, -0.2) is 8.42 Å². The monoisotopic (exact) mass is 358 g/mol. The van der Waals surface area contributed by atoms with Gasteiger partial charge < -0.3 is 9.73 Å². The van der Waals surface area contributed by atoms with Crippen LogP contribution < -0.4 is 5.32 Å². The van der Waals surface area contributed by atoms with Gasteiger partial charge in [0.1, 0.15) is 5.75 Å². The summed E-state index contributed by atoms with van der Waals surface area (Å²) < 4.78 is 29.7. The van der Waals surface area contributed by atoms with Crippen LogP contribution >= 0.6 is 0 Å². The number of carbonyl (C=O) groups is 1. The molecule has 0 aliphatic heterocycles. The van der Waals surface area contributed by atoms with E-state index >= 15 is 0 Å². The molecule has 8 nitrogen and oxygen atoms in total. The number of carbonyl (C=O) groups excluding carboxylic acids is 1. The van der Waals surface area contributed by atoms with Gasteiger partial charge in [0, 0.05) is 6.20 Å². The van der Waals surface area contributed by atoms with Gasteiger partial charge in [-0.15, -0.1) is 10.2 Å². The minimum Gasteiger partial charge on any atom is -0.416 e. The molecule has 0 fully saturated rings. The van der Waals surface area contributed by atoms with Gasteiger partial charge in [0.2, 0.25) is 5.89 Å². The summed E-state index contributed by atoms with van der Waals surface area (Å²) in [6.45, 7) is 0.194. The normalized spacial score (nSPS) is 11.2. The zero-order chi connectivity index (χ0) is 17.7. The van der Waals surface area contributed by atoms with E-state index in [0.29, 0.717) is 5.69 Å². The molecule has 0 spiro atoms. The summed E-state index contributed by atoms with van der Waals surface area (Å²) in [5, 5.41) is 9.80. The fraction of sp³-hybridized carbons (Fsp3) is 0.125. The molecule has 3 rings (SSSR count). The molecule has 9 heteroatoms. The molecule has 0 aliphatic rings. The molecule has 0 unspecified atom stereocenters. The lowest BCUT2D eigenvalue weighted by molar-refractivity contribution is 0.0914. The zero-order valence-electron chi connectivity index (χ0n) is 13.0. The number of benzene rings is 1. The number of rotatable bonds is 6. The molecule has 2 aromatic heterocycles. The number of pyridine rings is 1. The second-order valence-electron chi connectivity index (χ2n) is 5.08. The summed E-state index contributed by atoms with van der Waals surface area (Å²) in [4.78, 5) is 16.2. The minimum absolute atomic E-state index is 0.146. The first-order valence-corrected chi connectivity index (χ1v) is 8.98.